The van der Waals surface area contributed by atoms with Crippen LogP contribution in [0.5, 0.6) is 5.75 Å². The number of fused-ring (bicyclic) bond motifs is 1. The second kappa shape index (κ2) is 7.34. The Balaban J connectivity index is 1.81. The van der Waals surface area contributed by atoms with Crippen LogP contribution >= 0.6 is 11.6 Å². The summed E-state index contributed by atoms with van der Waals surface area (Å²) < 4.78 is 5.69. The summed E-state index contributed by atoms with van der Waals surface area (Å²) in [5.74, 6) is 0.504. The highest BCUT2D eigenvalue weighted by molar-refractivity contribution is 6.32. The standard InChI is InChI=1S/C21H21ClN2O2/c1-12-5-6-13(2)19(9-12)26-11-20(25)24-18-10-14(3)23-21-15(4)17(22)8-7-16(18)21/h5-10H,11H2,1-4H3,(H,23,24,25). The van der Waals surface area contributed by atoms with Crippen molar-refractivity contribution >= 4 is 34.1 Å². The second-order valence-electron chi connectivity index (χ2n) is 6.49. The monoisotopic (exact) mass is 368 g/mol. The zero-order chi connectivity index (χ0) is 18.8. The van der Waals surface area contributed by atoms with Crippen molar-refractivity contribution in [3.8, 4) is 5.75 Å². The lowest BCUT2D eigenvalue weighted by molar-refractivity contribution is -0.118. The maximum absolute atomic E-state index is 12.4. The number of nitrogens with zero attached hydrogens (tertiary/aromatic N) is 1. The van der Waals surface area contributed by atoms with Gasteiger partial charge in [-0.25, -0.2) is 0 Å². The number of aryl methyl sites for hydroxylation is 4. The average Bonchev–Trinajstić information content (AvgIpc) is 2.59. The number of amides is 1. The molecule has 1 amide bonds. The van der Waals surface area contributed by atoms with E-state index in [2.05, 4.69) is 10.3 Å². The lowest BCUT2D eigenvalue weighted by atomic mass is 10.1. The lowest BCUT2D eigenvalue weighted by Gasteiger charge is -2.13. The zero-order valence-corrected chi connectivity index (χ0v) is 16.1. The molecule has 0 aliphatic heterocycles. The molecule has 0 unspecified atom stereocenters. The molecule has 0 saturated heterocycles. The molecule has 3 aromatic rings. The molecule has 2 aromatic carbocycles. The van der Waals surface area contributed by atoms with Gasteiger partial charge in [-0.15, -0.1) is 0 Å². The molecule has 4 nitrogen and oxygen atoms in total. The number of aromatic nitrogens is 1. The van der Waals surface area contributed by atoms with Gasteiger partial charge in [0.15, 0.2) is 6.61 Å². The third kappa shape index (κ3) is 3.81. The normalized spacial score (nSPS) is 10.8. The minimum absolute atomic E-state index is 0.0558. The Morgan fingerprint density at radius 2 is 1.88 bits per heavy atom. The van der Waals surface area contributed by atoms with E-state index in [1.807, 2.05) is 64.1 Å². The molecule has 0 bridgehead atoms. The third-order valence-electron chi connectivity index (χ3n) is 4.27. The van der Waals surface area contributed by atoms with Crippen LogP contribution in [0.4, 0.5) is 5.69 Å². The maximum atomic E-state index is 12.4. The van der Waals surface area contributed by atoms with Gasteiger partial charge in [0.05, 0.1) is 11.2 Å². The fourth-order valence-electron chi connectivity index (χ4n) is 2.83. The second-order valence-corrected chi connectivity index (χ2v) is 6.89. The Hall–Kier alpha value is -2.59. The largest absolute Gasteiger partial charge is 0.483 e. The van der Waals surface area contributed by atoms with Crippen LogP contribution in [0.1, 0.15) is 22.4 Å². The van der Waals surface area contributed by atoms with Crippen LogP contribution in [0, 0.1) is 27.7 Å². The topological polar surface area (TPSA) is 51.2 Å². The number of benzene rings is 2. The molecule has 0 radical (unpaired) electrons. The van der Waals surface area contributed by atoms with Gasteiger partial charge >= 0.3 is 0 Å². The van der Waals surface area contributed by atoms with E-state index >= 15 is 0 Å². The molecule has 134 valence electrons. The average molecular weight is 369 g/mol. The molecule has 0 aliphatic carbocycles. The quantitative estimate of drug-likeness (QED) is 0.693. The molecular weight excluding hydrogens is 348 g/mol. The van der Waals surface area contributed by atoms with Crippen LogP contribution in [0.3, 0.4) is 0 Å². The first-order chi connectivity index (χ1) is 12.3. The van der Waals surface area contributed by atoms with E-state index in [1.165, 1.54) is 0 Å². The fraction of sp³-hybridized carbons (Fsp3) is 0.238. The van der Waals surface area contributed by atoms with Crippen molar-refractivity contribution in [1.82, 2.24) is 4.98 Å². The van der Waals surface area contributed by atoms with Crippen LogP contribution in [0.2, 0.25) is 5.02 Å². The van der Waals surface area contributed by atoms with Crippen molar-refractivity contribution in [1.29, 1.82) is 0 Å². The summed E-state index contributed by atoms with van der Waals surface area (Å²) >= 11 is 6.20. The van der Waals surface area contributed by atoms with E-state index in [1.54, 1.807) is 0 Å². The van der Waals surface area contributed by atoms with Crippen molar-refractivity contribution in [2.24, 2.45) is 0 Å². The van der Waals surface area contributed by atoms with Crippen molar-refractivity contribution in [3.63, 3.8) is 0 Å². The third-order valence-corrected chi connectivity index (χ3v) is 4.68. The molecule has 0 spiro atoms. The molecule has 1 aromatic heterocycles. The van der Waals surface area contributed by atoms with E-state index < -0.39 is 0 Å². The molecule has 1 heterocycles. The number of carbonyl (C=O) groups excluding carboxylic acids is 1. The summed E-state index contributed by atoms with van der Waals surface area (Å²) in [5.41, 5.74) is 5.31. The van der Waals surface area contributed by atoms with Crippen molar-refractivity contribution in [3.05, 3.63) is 63.8 Å². The maximum Gasteiger partial charge on any atom is 0.262 e. The summed E-state index contributed by atoms with van der Waals surface area (Å²) in [7, 11) is 0. The highest BCUT2D eigenvalue weighted by atomic mass is 35.5. The van der Waals surface area contributed by atoms with Gasteiger partial charge in [0.25, 0.3) is 5.91 Å². The van der Waals surface area contributed by atoms with Crippen LogP contribution in [0.25, 0.3) is 10.9 Å². The van der Waals surface area contributed by atoms with Gasteiger partial charge in [-0.3, -0.25) is 9.78 Å². The van der Waals surface area contributed by atoms with Gasteiger partial charge < -0.3 is 10.1 Å². The highest BCUT2D eigenvalue weighted by Gasteiger charge is 2.12. The van der Waals surface area contributed by atoms with Gasteiger partial charge in [0.1, 0.15) is 5.75 Å². The number of halogens is 1. The predicted molar refractivity (Wildman–Crippen MR) is 106 cm³/mol. The number of hydrogen-bond acceptors (Lipinski definition) is 3. The summed E-state index contributed by atoms with van der Waals surface area (Å²) in [6.45, 7) is 7.71. The molecular formula is C21H21ClN2O2. The molecule has 5 heteroatoms. The van der Waals surface area contributed by atoms with Crippen molar-refractivity contribution < 1.29 is 9.53 Å². The first-order valence-electron chi connectivity index (χ1n) is 8.41. The minimum atomic E-state index is -0.217. The van der Waals surface area contributed by atoms with Crippen LogP contribution in [-0.4, -0.2) is 17.5 Å². The SMILES string of the molecule is Cc1ccc(C)c(OCC(=O)Nc2cc(C)nc3c(C)c(Cl)ccc23)c1. The summed E-state index contributed by atoms with van der Waals surface area (Å²) in [6, 6.07) is 11.5. The van der Waals surface area contributed by atoms with Crippen LogP contribution in [-0.2, 0) is 4.79 Å². The van der Waals surface area contributed by atoms with Crippen molar-refractivity contribution in [2.75, 3.05) is 11.9 Å². The molecule has 26 heavy (non-hydrogen) atoms. The Morgan fingerprint density at radius 1 is 1.12 bits per heavy atom. The van der Waals surface area contributed by atoms with E-state index in [9.17, 15) is 4.79 Å². The molecule has 3 rings (SSSR count). The van der Waals surface area contributed by atoms with Crippen LogP contribution < -0.4 is 10.1 Å². The van der Waals surface area contributed by atoms with Gasteiger partial charge in [0, 0.05) is 16.1 Å². The fourth-order valence-corrected chi connectivity index (χ4v) is 2.98. The molecule has 0 saturated carbocycles. The van der Waals surface area contributed by atoms with Gasteiger partial charge in [0.2, 0.25) is 0 Å². The van der Waals surface area contributed by atoms with Gasteiger partial charge in [-0.2, -0.15) is 0 Å². The van der Waals surface area contributed by atoms with E-state index in [-0.39, 0.29) is 12.5 Å². The van der Waals surface area contributed by atoms with Crippen LogP contribution in [0.15, 0.2) is 36.4 Å². The molecule has 0 aliphatic rings. The van der Waals surface area contributed by atoms with E-state index in [4.69, 9.17) is 16.3 Å². The number of hydrogen-bond donors (Lipinski definition) is 1. The number of pyridine rings is 1. The number of ether oxygens (including phenoxy) is 1. The summed E-state index contributed by atoms with van der Waals surface area (Å²) in [6.07, 6.45) is 0. The number of anilines is 1. The number of rotatable bonds is 4. The summed E-state index contributed by atoms with van der Waals surface area (Å²) in [4.78, 5) is 17.0. The molecule has 0 atom stereocenters. The number of carbonyl (C=O) groups is 1. The minimum Gasteiger partial charge on any atom is -0.483 e. The summed E-state index contributed by atoms with van der Waals surface area (Å²) in [5, 5.41) is 4.45. The zero-order valence-electron chi connectivity index (χ0n) is 15.3. The first kappa shape index (κ1) is 18.2. The first-order valence-corrected chi connectivity index (χ1v) is 8.79. The van der Waals surface area contributed by atoms with E-state index in [0.717, 1.165) is 39.0 Å². The van der Waals surface area contributed by atoms with E-state index in [0.29, 0.717) is 10.7 Å². The Morgan fingerprint density at radius 3 is 2.65 bits per heavy atom. The van der Waals surface area contributed by atoms with Gasteiger partial charge in [-0.1, -0.05) is 23.7 Å². The molecule has 0 fully saturated rings. The Bertz CT molecular complexity index is 999. The Kier molecular flexibility index (Phi) is 5.14. The molecule has 1 N–H and O–H groups in total. The predicted octanol–water partition coefficient (Wildman–Crippen LogP) is 5.14. The van der Waals surface area contributed by atoms with Crippen molar-refractivity contribution in [2.45, 2.75) is 27.7 Å². The highest BCUT2D eigenvalue weighted by Crippen LogP contribution is 2.29. The smallest absolute Gasteiger partial charge is 0.262 e. The lowest BCUT2D eigenvalue weighted by Crippen LogP contribution is -2.20. The van der Waals surface area contributed by atoms with Gasteiger partial charge in [-0.05, 0) is 68.7 Å². The number of nitrogens with one attached hydrogen (secondary N) is 1. The Labute approximate surface area is 158 Å².